The highest BCUT2D eigenvalue weighted by Gasteiger charge is 2.32. The van der Waals surface area contributed by atoms with Crippen LogP contribution in [-0.2, 0) is 0 Å². The molecule has 0 unspecified atom stereocenters. The summed E-state index contributed by atoms with van der Waals surface area (Å²) in [5.74, 6) is 3.06. The van der Waals surface area contributed by atoms with Gasteiger partial charge in [-0.3, -0.25) is 0 Å². The van der Waals surface area contributed by atoms with Gasteiger partial charge >= 0.3 is 0 Å². The van der Waals surface area contributed by atoms with Gasteiger partial charge < -0.3 is 0 Å². The highest BCUT2D eigenvalue weighted by molar-refractivity contribution is 5.23. The Kier molecular flexibility index (Phi) is 13.0. The molecule has 0 N–H and O–H groups in total. The molecule has 4 aliphatic rings. The molecule has 0 aromatic heterocycles. The lowest BCUT2D eigenvalue weighted by molar-refractivity contribution is 0.157. The van der Waals surface area contributed by atoms with Gasteiger partial charge in [0.15, 0.2) is 23.3 Å². The molecule has 0 radical (unpaired) electrons. The quantitative estimate of drug-likeness (QED) is 0.200. The number of hydrogen-bond acceptors (Lipinski definition) is 0. The number of hydrogen-bond donors (Lipinski definition) is 0. The smallest absolute Gasteiger partial charge is 0.159 e. The van der Waals surface area contributed by atoms with Gasteiger partial charge in [-0.2, -0.15) is 0 Å². The molecule has 4 saturated carbocycles. The van der Waals surface area contributed by atoms with E-state index < -0.39 is 23.3 Å². The average molecular weight is 637 g/mol. The molecule has 0 atom stereocenters. The van der Waals surface area contributed by atoms with Gasteiger partial charge in [0.2, 0.25) is 0 Å². The Bertz CT molecular complexity index is 1240. The van der Waals surface area contributed by atoms with Gasteiger partial charge in [0, 0.05) is 0 Å². The van der Waals surface area contributed by atoms with Crippen LogP contribution < -0.4 is 0 Å². The molecule has 0 spiro atoms. The highest BCUT2D eigenvalue weighted by Crippen LogP contribution is 2.46. The van der Waals surface area contributed by atoms with Crippen LogP contribution in [-0.4, -0.2) is 0 Å². The van der Waals surface area contributed by atoms with Crippen LogP contribution >= 0.6 is 0 Å². The Hall–Kier alpha value is -2.36. The van der Waals surface area contributed by atoms with Gasteiger partial charge in [-0.25, -0.2) is 17.6 Å². The predicted molar refractivity (Wildman–Crippen MR) is 183 cm³/mol. The Labute approximate surface area is 276 Å². The summed E-state index contributed by atoms with van der Waals surface area (Å²) in [5.41, 5.74) is 1.97. The second kappa shape index (κ2) is 17.2. The average Bonchev–Trinajstić information content (AvgIpc) is 3.10. The lowest BCUT2D eigenvalue weighted by atomic mass is 9.68. The van der Waals surface area contributed by atoms with Crippen LogP contribution in [0.2, 0.25) is 0 Å². The lowest BCUT2D eigenvalue weighted by Crippen LogP contribution is -2.25. The fourth-order valence-corrected chi connectivity index (χ4v) is 9.53. The van der Waals surface area contributed by atoms with Crippen LogP contribution in [0.4, 0.5) is 17.6 Å². The van der Waals surface area contributed by atoms with Crippen molar-refractivity contribution in [3.8, 4) is 0 Å². The van der Waals surface area contributed by atoms with E-state index in [2.05, 4.69) is 19.2 Å². The topological polar surface area (TPSA) is 0 Å². The van der Waals surface area contributed by atoms with Crippen molar-refractivity contribution in [2.75, 3.05) is 0 Å². The molecular formula is C42H56F4. The van der Waals surface area contributed by atoms with E-state index in [1.54, 1.807) is 12.1 Å². The van der Waals surface area contributed by atoms with E-state index in [4.69, 9.17) is 0 Å². The Morgan fingerprint density at radius 2 is 0.891 bits per heavy atom. The molecule has 4 heteroatoms. The predicted octanol–water partition coefficient (Wildman–Crippen LogP) is 13.2. The summed E-state index contributed by atoms with van der Waals surface area (Å²) in [6.07, 6.45) is 27.0. The summed E-state index contributed by atoms with van der Waals surface area (Å²) in [6, 6.07) is 8.89. The minimum Gasteiger partial charge on any atom is -0.204 e. The number of halogens is 4. The number of allylic oxidation sites excluding steroid dienone is 2. The van der Waals surface area contributed by atoms with Crippen LogP contribution in [0.15, 0.2) is 61.7 Å². The fourth-order valence-electron chi connectivity index (χ4n) is 9.53. The molecule has 0 saturated heterocycles. The molecular weight excluding hydrogens is 580 g/mol. The molecule has 2 aromatic carbocycles. The van der Waals surface area contributed by atoms with E-state index >= 15 is 0 Å². The number of rotatable bonds is 8. The third kappa shape index (κ3) is 9.38. The van der Waals surface area contributed by atoms with Crippen LogP contribution in [0.3, 0.4) is 0 Å². The van der Waals surface area contributed by atoms with Crippen molar-refractivity contribution in [3.05, 3.63) is 96.1 Å². The maximum atomic E-state index is 13.4. The van der Waals surface area contributed by atoms with Crippen LogP contribution in [0, 0.1) is 58.8 Å². The Morgan fingerprint density at radius 3 is 1.26 bits per heavy atom. The maximum Gasteiger partial charge on any atom is 0.159 e. The van der Waals surface area contributed by atoms with Crippen molar-refractivity contribution in [1.82, 2.24) is 0 Å². The van der Waals surface area contributed by atoms with Crippen molar-refractivity contribution in [2.24, 2.45) is 35.5 Å². The molecule has 0 aliphatic heterocycles. The third-order valence-electron chi connectivity index (χ3n) is 12.5. The zero-order valence-corrected chi connectivity index (χ0v) is 27.9. The number of benzene rings is 2. The SMILES string of the molecule is C=CC1CCC(C2CCC(c3ccc(F)c(F)c3)CC2)CC1.C=CCCC1CCC(C2CCC(c3ccc(F)c(F)c3)CC2)CC1. The summed E-state index contributed by atoms with van der Waals surface area (Å²) >= 11 is 0. The van der Waals surface area contributed by atoms with E-state index in [9.17, 15) is 17.6 Å². The molecule has 46 heavy (non-hydrogen) atoms. The first-order valence-corrected chi connectivity index (χ1v) is 18.5. The van der Waals surface area contributed by atoms with Crippen LogP contribution in [0.5, 0.6) is 0 Å². The summed E-state index contributed by atoms with van der Waals surface area (Å²) in [5, 5.41) is 0. The van der Waals surface area contributed by atoms with E-state index in [1.165, 1.54) is 108 Å². The molecule has 0 heterocycles. The Balaban J connectivity index is 0.000000182. The minimum absolute atomic E-state index is 0.413. The van der Waals surface area contributed by atoms with Gasteiger partial charge in [0.25, 0.3) is 0 Å². The van der Waals surface area contributed by atoms with Gasteiger partial charge in [-0.15, -0.1) is 13.2 Å². The molecule has 4 aliphatic carbocycles. The maximum absolute atomic E-state index is 13.4. The van der Waals surface area contributed by atoms with Crippen LogP contribution in [0.25, 0.3) is 0 Å². The van der Waals surface area contributed by atoms with E-state index in [0.29, 0.717) is 11.8 Å². The normalized spacial score (nSPS) is 31.7. The summed E-state index contributed by atoms with van der Waals surface area (Å²) < 4.78 is 53.0. The summed E-state index contributed by atoms with van der Waals surface area (Å²) in [7, 11) is 0. The zero-order chi connectivity index (χ0) is 32.5. The van der Waals surface area contributed by atoms with Gasteiger partial charge in [-0.05, 0) is 185 Å². The molecule has 6 rings (SSSR count). The highest BCUT2D eigenvalue weighted by atomic mass is 19.2. The molecule has 0 nitrogen and oxygen atoms in total. The van der Waals surface area contributed by atoms with Crippen molar-refractivity contribution in [1.29, 1.82) is 0 Å². The molecule has 4 fully saturated rings. The Morgan fingerprint density at radius 1 is 0.500 bits per heavy atom. The summed E-state index contributed by atoms with van der Waals surface area (Å²) in [4.78, 5) is 0. The summed E-state index contributed by atoms with van der Waals surface area (Å²) in [6.45, 7) is 7.75. The zero-order valence-electron chi connectivity index (χ0n) is 27.9. The largest absolute Gasteiger partial charge is 0.204 e. The van der Waals surface area contributed by atoms with E-state index in [1.807, 2.05) is 6.08 Å². The van der Waals surface area contributed by atoms with Gasteiger partial charge in [0.05, 0.1) is 0 Å². The van der Waals surface area contributed by atoms with Gasteiger partial charge in [-0.1, -0.05) is 37.1 Å². The molecule has 0 amide bonds. The van der Waals surface area contributed by atoms with Gasteiger partial charge in [0.1, 0.15) is 0 Å². The van der Waals surface area contributed by atoms with Crippen molar-refractivity contribution < 1.29 is 17.6 Å². The van der Waals surface area contributed by atoms with Crippen molar-refractivity contribution in [3.63, 3.8) is 0 Å². The molecule has 0 bridgehead atoms. The lowest BCUT2D eigenvalue weighted by Gasteiger charge is -2.38. The molecule has 252 valence electrons. The second-order valence-electron chi connectivity index (χ2n) is 15.1. The van der Waals surface area contributed by atoms with Crippen molar-refractivity contribution >= 4 is 0 Å². The second-order valence-corrected chi connectivity index (χ2v) is 15.1. The van der Waals surface area contributed by atoms with Crippen LogP contribution in [0.1, 0.15) is 139 Å². The first-order chi connectivity index (χ1) is 22.3. The monoisotopic (exact) mass is 636 g/mol. The molecule has 2 aromatic rings. The fraction of sp³-hybridized carbons (Fsp3) is 0.619. The van der Waals surface area contributed by atoms with Crippen molar-refractivity contribution in [2.45, 2.75) is 127 Å². The first-order valence-electron chi connectivity index (χ1n) is 18.5. The standard InChI is InChI=1S/C22H30F2.C20H26F2/c1-2-3-4-16-5-7-17(8-6-16)18-9-11-19(12-10-18)20-13-14-21(23)22(24)15-20;1-2-14-3-5-15(6-4-14)16-7-9-17(10-8-16)18-11-12-19(21)20(22)13-18/h2,13-19H,1,3-12H2;2,11-17H,1,3-10H2. The first kappa shape index (κ1) is 35.0. The minimum atomic E-state index is -0.739. The third-order valence-corrected chi connectivity index (χ3v) is 12.5. The van der Waals surface area contributed by atoms with E-state index in [-0.39, 0.29) is 0 Å². The van der Waals surface area contributed by atoms with E-state index in [0.717, 1.165) is 78.7 Å².